The number of pyridine rings is 1. The Morgan fingerprint density at radius 1 is 1.47 bits per heavy atom. The maximum Gasteiger partial charge on any atom is 0.0372 e. The first-order valence-electron chi connectivity index (χ1n) is 5.95. The number of nitrogens with zero attached hydrogens (tertiary/aromatic N) is 1. The lowest BCUT2D eigenvalue weighted by Crippen LogP contribution is -2.31. The predicted molar refractivity (Wildman–Crippen MR) is 62.7 cm³/mol. The zero-order valence-electron chi connectivity index (χ0n) is 9.66. The molecule has 2 atom stereocenters. The molecule has 0 radical (unpaired) electrons. The predicted octanol–water partition coefficient (Wildman–Crippen LogP) is 2.84. The Kier molecular flexibility index (Phi) is 3.37. The second-order valence-electron chi connectivity index (χ2n) is 4.54. The van der Waals surface area contributed by atoms with E-state index in [0.717, 1.165) is 18.2 Å². The maximum absolute atomic E-state index is 4.37. The minimum atomic E-state index is 0.525. The molecular weight excluding hydrogens is 184 g/mol. The lowest BCUT2D eigenvalue weighted by atomic mass is 9.88. The molecule has 2 nitrogen and oxygen atoms in total. The quantitative estimate of drug-likeness (QED) is 0.801. The van der Waals surface area contributed by atoms with Crippen molar-refractivity contribution in [2.24, 2.45) is 5.92 Å². The third-order valence-corrected chi connectivity index (χ3v) is 3.43. The second-order valence-corrected chi connectivity index (χ2v) is 4.54. The zero-order valence-corrected chi connectivity index (χ0v) is 9.66. The molecular formula is C13H20N2. The van der Waals surface area contributed by atoms with Crippen LogP contribution in [0.2, 0.25) is 0 Å². The molecule has 1 N–H and O–H groups in total. The van der Waals surface area contributed by atoms with Gasteiger partial charge in [0.1, 0.15) is 0 Å². The van der Waals surface area contributed by atoms with Crippen molar-refractivity contribution in [2.45, 2.75) is 39.2 Å². The third-order valence-electron chi connectivity index (χ3n) is 3.43. The van der Waals surface area contributed by atoms with Crippen molar-refractivity contribution >= 4 is 0 Å². The summed E-state index contributed by atoms with van der Waals surface area (Å²) >= 11 is 0. The molecule has 2 rings (SSSR count). The first-order chi connectivity index (χ1) is 7.29. The first-order valence-corrected chi connectivity index (χ1v) is 5.95. The number of hydrogen-bond acceptors (Lipinski definition) is 2. The largest absolute Gasteiger partial charge is 0.310 e. The molecule has 0 saturated carbocycles. The number of piperidine rings is 1. The standard InChI is InChI=1S/C13H20N2/c1-3-11-6-7-14-13(8-11)12-5-4-10(2)15-9-12/h4-5,9,11,13-14H,3,6-8H2,1-2H3. The summed E-state index contributed by atoms with van der Waals surface area (Å²) in [5.74, 6) is 0.887. The minimum absolute atomic E-state index is 0.525. The summed E-state index contributed by atoms with van der Waals surface area (Å²) in [5, 5.41) is 3.58. The lowest BCUT2D eigenvalue weighted by molar-refractivity contribution is 0.299. The number of hydrogen-bond donors (Lipinski definition) is 1. The van der Waals surface area contributed by atoms with Crippen LogP contribution in [0.5, 0.6) is 0 Å². The molecule has 82 valence electrons. The van der Waals surface area contributed by atoms with E-state index in [1.165, 1.54) is 24.8 Å². The molecule has 0 bridgehead atoms. The van der Waals surface area contributed by atoms with E-state index in [2.05, 4.69) is 29.4 Å². The van der Waals surface area contributed by atoms with E-state index < -0.39 is 0 Å². The van der Waals surface area contributed by atoms with Gasteiger partial charge < -0.3 is 5.32 Å². The summed E-state index contributed by atoms with van der Waals surface area (Å²) in [6, 6.07) is 4.83. The van der Waals surface area contributed by atoms with E-state index >= 15 is 0 Å². The van der Waals surface area contributed by atoms with Crippen LogP contribution in [0, 0.1) is 12.8 Å². The van der Waals surface area contributed by atoms with Gasteiger partial charge in [-0.15, -0.1) is 0 Å². The van der Waals surface area contributed by atoms with Crippen molar-refractivity contribution in [3.63, 3.8) is 0 Å². The van der Waals surface area contributed by atoms with Crippen LogP contribution in [0.3, 0.4) is 0 Å². The highest BCUT2D eigenvalue weighted by Gasteiger charge is 2.21. The molecule has 15 heavy (non-hydrogen) atoms. The summed E-state index contributed by atoms with van der Waals surface area (Å²) < 4.78 is 0. The van der Waals surface area contributed by atoms with Crippen LogP contribution in [0.4, 0.5) is 0 Å². The average molecular weight is 204 g/mol. The Morgan fingerprint density at radius 2 is 2.33 bits per heavy atom. The molecule has 0 aromatic carbocycles. The highest BCUT2D eigenvalue weighted by Crippen LogP contribution is 2.28. The Balaban J connectivity index is 2.06. The van der Waals surface area contributed by atoms with Crippen LogP contribution in [0.25, 0.3) is 0 Å². The maximum atomic E-state index is 4.37. The summed E-state index contributed by atoms with van der Waals surface area (Å²) in [4.78, 5) is 4.37. The second kappa shape index (κ2) is 4.75. The Morgan fingerprint density at radius 3 is 3.00 bits per heavy atom. The smallest absolute Gasteiger partial charge is 0.0372 e. The molecule has 2 heteroatoms. The van der Waals surface area contributed by atoms with Gasteiger partial charge in [-0.2, -0.15) is 0 Å². The fourth-order valence-corrected chi connectivity index (χ4v) is 2.31. The van der Waals surface area contributed by atoms with Crippen LogP contribution in [0.15, 0.2) is 18.3 Å². The molecule has 2 unspecified atom stereocenters. The fraction of sp³-hybridized carbons (Fsp3) is 0.615. The SMILES string of the molecule is CCC1CCNC(c2ccc(C)nc2)C1. The van der Waals surface area contributed by atoms with Crippen molar-refractivity contribution in [3.05, 3.63) is 29.6 Å². The molecule has 1 saturated heterocycles. The monoisotopic (exact) mass is 204 g/mol. The Hall–Kier alpha value is -0.890. The van der Waals surface area contributed by atoms with Crippen molar-refractivity contribution in [2.75, 3.05) is 6.54 Å². The van der Waals surface area contributed by atoms with Gasteiger partial charge in [0.05, 0.1) is 0 Å². The molecule has 1 aromatic rings. The molecule has 1 aromatic heterocycles. The Bertz CT molecular complexity index is 305. The number of rotatable bonds is 2. The van der Waals surface area contributed by atoms with Gasteiger partial charge in [0, 0.05) is 17.9 Å². The highest BCUT2D eigenvalue weighted by atomic mass is 14.9. The summed E-state index contributed by atoms with van der Waals surface area (Å²) in [5.41, 5.74) is 2.44. The summed E-state index contributed by atoms with van der Waals surface area (Å²) in [7, 11) is 0. The van der Waals surface area contributed by atoms with E-state index in [4.69, 9.17) is 0 Å². The van der Waals surface area contributed by atoms with Crippen molar-refractivity contribution in [1.29, 1.82) is 0 Å². The number of nitrogens with one attached hydrogen (secondary N) is 1. The van der Waals surface area contributed by atoms with E-state index in [1.54, 1.807) is 0 Å². The van der Waals surface area contributed by atoms with Gasteiger partial charge in [0.15, 0.2) is 0 Å². The normalized spacial score (nSPS) is 26.5. The molecule has 1 fully saturated rings. The van der Waals surface area contributed by atoms with Crippen LogP contribution in [0.1, 0.15) is 43.5 Å². The van der Waals surface area contributed by atoms with Crippen LogP contribution in [-0.2, 0) is 0 Å². The zero-order chi connectivity index (χ0) is 10.7. The van der Waals surface area contributed by atoms with Crippen molar-refractivity contribution in [3.8, 4) is 0 Å². The third kappa shape index (κ3) is 2.57. The highest BCUT2D eigenvalue weighted by molar-refractivity contribution is 5.17. The van der Waals surface area contributed by atoms with Crippen LogP contribution < -0.4 is 5.32 Å². The summed E-state index contributed by atoms with van der Waals surface area (Å²) in [6.45, 7) is 5.48. The van der Waals surface area contributed by atoms with E-state index in [1.807, 2.05) is 13.1 Å². The van der Waals surface area contributed by atoms with Crippen molar-refractivity contribution < 1.29 is 0 Å². The molecule has 0 amide bonds. The van der Waals surface area contributed by atoms with Gasteiger partial charge in [0.25, 0.3) is 0 Å². The van der Waals surface area contributed by atoms with Gasteiger partial charge in [-0.25, -0.2) is 0 Å². The summed E-state index contributed by atoms with van der Waals surface area (Å²) in [6.07, 6.45) is 5.91. The average Bonchev–Trinajstić information content (AvgIpc) is 2.30. The molecule has 1 aliphatic heterocycles. The molecule has 1 aliphatic rings. The van der Waals surface area contributed by atoms with Gasteiger partial charge in [-0.05, 0) is 43.9 Å². The van der Waals surface area contributed by atoms with Gasteiger partial charge >= 0.3 is 0 Å². The lowest BCUT2D eigenvalue weighted by Gasteiger charge is -2.29. The number of aromatic nitrogens is 1. The van der Waals surface area contributed by atoms with Gasteiger partial charge in [-0.3, -0.25) is 4.98 Å². The molecule has 0 spiro atoms. The Labute approximate surface area is 92.1 Å². The van der Waals surface area contributed by atoms with Crippen LogP contribution >= 0.6 is 0 Å². The van der Waals surface area contributed by atoms with Gasteiger partial charge in [-0.1, -0.05) is 19.4 Å². The fourth-order valence-electron chi connectivity index (χ4n) is 2.31. The van der Waals surface area contributed by atoms with E-state index in [0.29, 0.717) is 6.04 Å². The van der Waals surface area contributed by atoms with Gasteiger partial charge in [0.2, 0.25) is 0 Å². The molecule has 2 heterocycles. The first kappa shape index (κ1) is 10.6. The minimum Gasteiger partial charge on any atom is -0.310 e. The van der Waals surface area contributed by atoms with E-state index in [9.17, 15) is 0 Å². The van der Waals surface area contributed by atoms with Crippen molar-refractivity contribution in [1.82, 2.24) is 10.3 Å². The topological polar surface area (TPSA) is 24.9 Å². The van der Waals surface area contributed by atoms with Crippen LogP contribution in [-0.4, -0.2) is 11.5 Å². The molecule has 0 aliphatic carbocycles. The van der Waals surface area contributed by atoms with E-state index in [-0.39, 0.29) is 0 Å². The number of aryl methyl sites for hydroxylation is 1.